The number of nitrogens with zero attached hydrogens (tertiary/aromatic N) is 1. The molecule has 1 aliphatic heterocycles. The smallest absolute Gasteiger partial charge is 0.214 e. The van der Waals surface area contributed by atoms with Gasteiger partial charge in [0.05, 0.1) is 5.75 Å². The number of hydrogen-bond donors (Lipinski definition) is 1. The molecule has 2 aliphatic rings. The van der Waals surface area contributed by atoms with Crippen molar-refractivity contribution in [1.82, 2.24) is 4.31 Å². The topological polar surface area (TPSA) is 57.6 Å². The van der Waals surface area contributed by atoms with Gasteiger partial charge in [0, 0.05) is 25.1 Å². The molecule has 0 aromatic heterocycles. The van der Waals surface area contributed by atoms with Crippen LogP contribution in [0.15, 0.2) is 0 Å². The Balaban J connectivity index is 2.06. The summed E-state index contributed by atoms with van der Waals surface area (Å²) < 4.78 is 25.1. The highest BCUT2D eigenvalue weighted by Gasteiger charge is 2.38. The van der Waals surface area contributed by atoms with Crippen LogP contribution >= 0.6 is 0 Å². The quantitative estimate of drug-likeness (QED) is 0.808. The van der Waals surface area contributed by atoms with Gasteiger partial charge in [-0.2, -0.15) is 0 Å². The van der Waals surface area contributed by atoms with Crippen LogP contribution in [0.25, 0.3) is 0 Å². The van der Waals surface area contributed by atoms with E-state index in [4.69, 9.17) is 0 Å². The van der Waals surface area contributed by atoms with E-state index in [1.165, 1.54) is 6.42 Å². The molecule has 0 unspecified atom stereocenters. The van der Waals surface area contributed by atoms with Gasteiger partial charge in [-0.3, -0.25) is 0 Å². The molecular formula is C11H21NO3S. The fourth-order valence-electron chi connectivity index (χ4n) is 2.91. The van der Waals surface area contributed by atoms with Crippen LogP contribution in [0.2, 0.25) is 0 Å². The van der Waals surface area contributed by atoms with Gasteiger partial charge in [0.15, 0.2) is 0 Å². The fraction of sp³-hybridized carbons (Fsp3) is 1.00. The maximum Gasteiger partial charge on any atom is 0.214 e. The first-order valence-corrected chi connectivity index (χ1v) is 7.78. The van der Waals surface area contributed by atoms with Crippen molar-refractivity contribution in [2.75, 3.05) is 25.4 Å². The molecule has 0 bridgehead atoms. The summed E-state index contributed by atoms with van der Waals surface area (Å²) in [5.74, 6) is 0.286. The molecule has 0 amide bonds. The molecule has 94 valence electrons. The Bertz CT molecular complexity index is 333. The molecule has 2 rings (SSSR count). The lowest BCUT2D eigenvalue weighted by molar-refractivity contribution is 0.0642. The number of hydrogen-bond acceptors (Lipinski definition) is 3. The van der Waals surface area contributed by atoms with Crippen molar-refractivity contribution in [1.29, 1.82) is 0 Å². The summed E-state index contributed by atoms with van der Waals surface area (Å²) in [7, 11) is -3.01. The molecule has 0 radical (unpaired) electrons. The van der Waals surface area contributed by atoms with Crippen molar-refractivity contribution in [3.63, 3.8) is 0 Å². The number of aliphatic hydroxyl groups is 1. The second-order valence-electron chi connectivity index (χ2n) is 5.22. The molecule has 1 saturated carbocycles. The van der Waals surface area contributed by atoms with E-state index in [1.807, 2.05) is 0 Å². The van der Waals surface area contributed by atoms with Gasteiger partial charge in [0.1, 0.15) is 0 Å². The number of aliphatic hydroxyl groups excluding tert-OH is 1. The Morgan fingerprint density at radius 2 is 1.81 bits per heavy atom. The summed E-state index contributed by atoms with van der Waals surface area (Å²) in [6.07, 6.45) is 6.13. The van der Waals surface area contributed by atoms with E-state index >= 15 is 0 Å². The maximum atomic E-state index is 11.7. The third-order valence-electron chi connectivity index (χ3n) is 3.96. The summed E-state index contributed by atoms with van der Waals surface area (Å²) in [4.78, 5) is 0. The Morgan fingerprint density at radius 3 is 2.31 bits per heavy atom. The highest BCUT2D eigenvalue weighted by atomic mass is 32.2. The van der Waals surface area contributed by atoms with Gasteiger partial charge in [-0.05, 0) is 19.3 Å². The summed E-state index contributed by atoms with van der Waals surface area (Å²) in [5.41, 5.74) is -0.157. The lowest BCUT2D eigenvalue weighted by Gasteiger charge is -2.38. The second kappa shape index (κ2) is 4.63. The zero-order valence-electron chi connectivity index (χ0n) is 9.69. The Morgan fingerprint density at radius 1 is 1.12 bits per heavy atom. The van der Waals surface area contributed by atoms with Gasteiger partial charge in [-0.15, -0.1) is 0 Å². The van der Waals surface area contributed by atoms with E-state index in [-0.39, 0.29) is 17.8 Å². The van der Waals surface area contributed by atoms with Crippen molar-refractivity contribution in [3.8, 4) is 0 Å². The van der Waals surface area contributed by atoms with Crippen LogP contribution in [0.3, 0.4) is 0 Å². The zero-order chi connectivity index (χ0) is 11.6. The molecule has 1 saturated heterocycles. The summed E-state index contributed by atoms with van der Waals surface area (Å²) >= 11 is 0. The van der Waals surface area contributed by atoms with E-state index in [9.17, 15) is 13.5 Å². The van der Waals surface area contributed by atoms with Crippen LogP contribution in [-0.2, 0) is 10.0 Å². The third kappa shape index (κ3) is 2.41. The average Bonchev–Trinajstić information content (AvgIpc) is 2.60. The molecule has 4 nitrogen and oxygen atoms in total. The standard InChI is InChI=1S/C11H21NO3S/c13-10-11(5-2-1-3-6-11)9-12-7-4-8-16(12,14)15/h13H,1-10H2. The Kier molecular flexibility index (Phi) is 3.56. The monoisotopic (exact) mass is 247 g/mol. The molecule has 0 aromatic carbocycles. The summed E-state index contributed by atoms with van der Waals surface area (Å²) in [5, 5.41) is 9.55. The van der Waals surface area contributed by atoms with Crippen LogP contribution in [0.4, 0.5) is 0 Å². The van der Waals surface area contributed by atoms with E-state index in [0.29, 0.717) is 13.1 Å². The minimum atomic E-state index is -3.01. The van der Waals surface area contributed by atoms with Crippen molar-refractivity contribution in [2.45, 2.75) is 38.5 Å². The highest BCUT2D eigenvalue weighted by Crippen LogP contribution is 2.37. The lowest BCUT2D eigenvalue weighted by Crippen LogP contribution is -2.42. The van der Waals surface area contributed by atoms with Crippen molar-refractivity contribution in [2.24, 2.45) is 5.41 Å². The molecule has 1 N–H and O–H groups in total. The van der Waals surface area contributed by atoms with E-state index in [1.54, 1.807) is 4.31 Å². The van der Waals surface area contributed by atoms with Crippen molar-refractivity contribution >= 4 is 10.0 Å². The van der Waals surface area contributed by atoms with Crippen LogP contribution < -0.4 is 0 Å². The maximum absolute atomic E-state index is 11.7. The molecule has 2 fully saturated rings. The zero-order valence-corrected chi connectivity index (χ0v) is 10.5. The van der Waals surface area contributed by atoms with Crippen LogP contribution in [0.5, 0.6) is 0 Å². The SMILES string of the molecule is O=S1(=O)CCCN1CC1(CO)CCCCC1. The predicted octanol–water partition coefficient (Wildman–Crippen LogP) is 0.965. The van der Waals surface area contributed by atoms with Gasteiger partial charge in [-0.1, -0.05) is 19.3 Å². The van der Waals surface area contributed by atoms with Gasteiger partial charge in [-0.25, -0.2) is 12.7 Å². The predicted molar refractivity (Wildman–Crippen MR) is 62.6 cm³/mol. The molecule has 1 aliphatic carbocycles. The molecule has 5 heteroatoms. The normalized spacial score (nSPS) is 29.3. The molecular weight excluding hydrogens is 226 g/mol. The summed E-state index contributed by atoms with van der Waals surface area (Å²) in [6.45, 7) is 1.30. The highest BCUT2D eigenvalue weighted by molar-refractivity contribution is 7.89. The molecule has 16 heavy (non-hydrogen) atoms. The number of sulfonamides is 1. The second-order valence-corrected chi connectivity index (χ2v) is 7.31. The van der Waals surface area contributed by atoms with E-state index in [0.717, 1.165) is 32.1 Å². The molecule has 1 heterocycles. The van der Waals surface area contributed by atoms with E-state index in [2.05, 4.69) is 0 Å². The third-order valence-corrected chi connectivity index (χ3v) is 5.87. The fourth-order valence-corrected chi connectivity index (χ4v) is 4.54. The van der Waals surface area contributed by atoms with Crippen LogP contribution in [-0.4, -0.2) is 43.3 Å². The van der Waals surface area contributed by atoms with Crippen LogP contribution in [0.1, 0.15) is 38.5 Å². The van der Waals surface area contributed by atoms with Gasteiger partial charge < -0.3 is 5.11 Å². The van der Waals surface area contributed by atoms with E-state index < -0.39 is 10.0 Å². The first kappa shape index (κ1) is 12.3. The molecule has 0 spiro atoms. The number of rotatable bonds is 3. The largest absolute Gasteiger partial charge is 0.396 e. The first-order valence-electron chi connectivity index (χ1n) is 6.17. The van der Waals surface area contributed by atoms with Crippen molar-refractivity contribution in [3.05, 3.63) is 0 Å². The minimum absolute atomic E-state index is 0.124. The van der Waals surface area contributed by atoms with Crippen LogP contribution in [0, 0.1) is 5.41 Å². The molecule has 0 aromatic rings. The van der Waals surface area contributed by atoms with Gasteiger partial charge >= 0.3 is 0 Å². The lowest BCUT2D eigenvalue weighted by atomic mass is 9.74. The van der Waals surface area contributed by atoms with Crippen molar-refractivity contribution < 1.29 is 13.5 Å². The summed E-state index contributed by atoms with van der Waals surface area (Å²) in [6, 6.07) is 0. The molecule has 0 atom stereocenters. The average molecular weight is 247 g/mol. The minimum Gasteiger partial charge on any atom is -0.396 e. The Labute approximate surface area is 97.7 Å². The first-order chi connectivity index (χ1) is 7.58. The van der Waals surface area contributed by atoms with Gasteiger partial charge in [0.2, 0.25) is 10.0 Å². The Hall–Kier alpha value is -0.130. The van der Waals surface area contributed by atoms with Gasteiger partial charge in [0.25, 0.3) is 0 Å².